The van der Waals surface area contributed by atoms with E-state index in [1.807, 2.05) is 19.1 Å². The minimum Gasteiger partial charge on any atom is -0.397 e. The lowest BCUT2D eigenvalue weighted by Crippen LogP contribution is -2.11. The van der Waals surface area contributed by atoms with Crippen LogP contribution in [-0.2, 0) is 0 Å². The van der Waals surface area contributed by atoms with Gasteiger partial charge in [-0.05, 0) is 42.8 Å². The van der Waals surface area contributed by atoms with Gasteiger partial charge in [-0.3, -0.25) is 4.79 Å². The molecule has 0 aliphatic rings. The predicted octanol–water partition coefficient (Wildman–Crippen LogP) is 3.07. The van der Waals surface area contributed by atoms with Crippen LogP contribution in [-0.4, -0.2) is 5.91 Å². The molecule has 2 aromatic rings. The second kappa shape index (κ2) is 5.20. The van der Waals surface area contributed by atoms with Gasteiger partial charge in [0.15, 0.2) is 0 Å². The number of rotatable bonds is 3. The van der Waals surface area contributed by atoms with Crippen molar-refractivity contribution in [3.63, 3.8) is 0 Å². The monoisotopic (exact) mass is 275 g/mol. The number of hydrogen-bond donors (Lipinski definition) is 3. The summed E-state index contributed by atoms with van der Waals surface area (Å²) in [6.07, 6.45) is 0. The zero-order valence-corrected chi connectivity index (χ0v) is 11.2. The summed E-state index contributed by atoms with van der Waals surface area (Å²) in [6.45, 7) is 1.92. The van der Waals surface area contributed by atoms with E-state index in [4.69, 9.17) is 23.1 Å². The number of nitrogens with two attached hydrogens (primary N) is 2. The Morgan fingerprint density at radius 1 is 1.21 bits per heavy atom. The summed E-state index contributed by atoms with van der Waals surface area (Å²) in [5, 5.41) is 3.78. The molecular weight excluding hydrogens is 262 g/mol. The molecule has 0 bridgehead atoms. The van der Waals surface area contributed by atoms with Crippen molar-refractivity contribution in [3.8, 4) is 0 Å². The molecule has 0 saturated heterocycles. The van der Waals surface area contributed by atoms with Gasteiger partial charge in [0.05, 0.1) is 11.4 Å². The van der Waals surface area contributed by atoms with E-state index >= 15 is 0 Å². The average molecular weight is 276 g/mol. The molecule has 0 aliphatic carbocycles. The van der Waals surface area contributed by atoms with Crippen LogP contribution in [0, 0.1) is 6.92 Å². The van der Waals surface area contributed by atoms with Crippen LogP contribution in [0.4, 0.5) is 17.1 Å². The van der Waals surface area contributed by atoms with Gasteiger partial charge < -0.3 is 16.8 Å². The number of anilines is 3. The molecule has 0 fully saturated rings. The van der Waals surface area contributed by atoms with E-state index in [9.17, 15) is 4.79 Å². The topological polar surface area (TPSA) is 81.1 Å². The normalized spacial score (nSPS) is 10.2. The molecule has 0 atom stereocenters. The van der Waals surface area contributed by atoms with Crippen molar-refractivity contribution in [1.29, 1.82) is 0 Å². The van der Waals surface area contributed by atoms with E-state index < -0.39 is 5.91 Å². The molecule has 19 heavy (non-hydrogen) atoms. The highest BCUT2D eigenvalue weighted by atomic mass is 35.5. The number of aryl methyl sites for hydroxylation is 1. The number of halogens is 1. The SMILES string of the molecule is Cc1ccc(Nc2cc(C(N)=O)ccc2N)cc1Cl. The molecular formula is C14H14ClN3O. The van der Waals surface area contributed by atoms with Crippen molar-refractivity contribution >= 4 is 34.6 Å². The third-order valence-corrected chi connectivity index (χ3v) is 3.20. The summed E-state index contributed by atoms with van der Waals surface area (Å²) in [6, 6.07) is 10.4. The lowest BCUT2D eigenvalue weighted by atomic mass is 10.1. The zero-order valence-electron chi connectivity index (χ0n) is 10.4. The molecule has 5 N–H and O–H groups in total. The van der Waals surface area contributed by atoms with Crippen LogP contribution in [0.5, 0.6) is 0 Å². The van der Waals surface area contributed by atoms with Crippen molar-refractivity contribution in [2.75, 3.05) is 11.1 Å². The van der Waals surface area contributed by atoms with E-state index in [0.29, 0.717) is 22.0 Å². The van der Waals surface area contributed by atoms with Crippen molar-refractivity contribution < 1.29 is 4.79 Å². The predicted molar refractivity (Wildman–Crippen MR) is 78.8 cm³/mol. The van der Waals surface area contributed by atoms with E-state index in [2.05, 4.69) is 5.32 Å². The number of nitrogen functional groups attached to an aromatic ring is 1. The minimum atomic E-state index is -0.495. The van der Waals surface area contributed by atoms with Crippen LogP contribution in [0.25, 0.3) is 0 Å². The average Bonchev–Trinajstić information content (AvgIpc) is 2.36. The van der Waals surface area contributed by atoms with E-state index in [1.165, 1.54) is 0 Å². The standard InChI is InChI=1S/C14H14ClN3O/c1-8-2-4-10(7-11(8)15)18-13-6-9(14(17)19)3-5-12(13)16/h2-7,18H,16H2,1H3,(H2,17,19). The van der Waals surface area contributed by atoms with E-state index in [1.54, 1.807) is 24.3 Å². The van der Waals surface area contributed by atoms with Crippen LogP contribution in [0.15, 0.2) is 36.4 Å². The minimum absolute atomic E-state index is 0.398. The lowest BCUT2D eigenvalue weighted by molar-refractivity contribution is 0.100. The second-order valence-electron chi connectivity index (χ2n) is 4.26. The third kappa shape index (κ3) is 2.98. The van der Waals surface area contributed by atoms with Crippen LogP contribution >= 0.6 is 11.6 Å². The number of carbonyl (C=O) groups is 1. The van der Waals surface area contributed by atoms with Gasteiger partial charge in [0, 0.05) is 16.3 Å². The molecule has 2 aromatic carbocycles. The summed E-state index contributed by atoms with van der Waals surface area (Å²) in [4.78, 5) is 11.1. The van der Waals surface area contributed by atoms with Gasteiger partial charge in [0.25, 0.3) is 0 Å². The highest BCUT2D eigenvalue weighted by Gasteiger charge is 2.06. The molecule has 1 amide bonds. The van der Waals surface area contributed by atoms with Gasteiger partial charge in [0.1, 0.15) is 0 Å². The molecule has 0 aromatic heterocycles. The number of carbonyl (C=O) groups excluding carboxylic acids is 1. The Labute approximate surface area is 116 Å². The van der Waals surface area contributed by atoms with Gasteiger partial charge in [-0.15, -0.1) is 0 Å². The van der Waals surface area contributed by atoms with Crippen LogP contribution < -0.4 is 16.8 Å². The Morgan fingerprint density at radius 3 is 2.58 bits per heavy atom. The fourth-order valence-corrected chi connectivity index (χ4v) is 1.82. The maximum absolute atomic E-state index is 11.1. The Bertz CT molecular complexity index is 641. The van der Waals surface area contributed by atoms with E-state index in [-0.39, 0.29) is 0 Å². The van der Waals surface area contributed by atoms with Gasteiger partial charge in [0.2, 0.25) is 5.91 Å². The van der Waals surface area contributed by atoms with Gasteiger partial charge in [-0.1, -0.05) is 17.7 Å². The molecule has 98 valence electrons. The van der Waals surface area contributed by atoms with Crippen molar-refractivity contribution in [2.45, 2.75) is 6.92 Å². The maximum Gasteiger partial charge on any atom is 0.248 e. The highest BCUT2D eigenvalue weighted by molar-refractivity contribution is 6.31. The first-order chi connectivity index (χ1) is 8.97. The first-order valence-electron chi connectivity index (χ1n) is 5.70. The van der Waals surface area contributed by atoms with Gasteiger partial charge in [-0.25, -0.2) is 0 Å². The Morgan fingerprint density at radius 2 is 1.95 bits per heavy atom. The second-order valence-corrected chi connectivity index (χ2v) is 4.66. The smallest absolute Gasteiger partial charge is 0.248 e. The molecule has 5 heteroatoms. The summed E-state index contributed by atoms with van der Waals surface area (Å²) < 4.78 is 0. The third-order valence-electron chi connectivity index (χ3n) is 2.79. The van der Waals surface area contributed by atoms with Gasteiger partial charge in [-0.2, -0.15) is 0 Å². The summed E-state index contributed by atoms with van der Waals surface area (Å²) >= 11 is 6.06. The number of amides is 1. The fraction of sp³-hybridized carbons (Fsp3) is 0.0714. The quantitative estimate of drug-likeness (QED) is 0.753. The molecule has 4 nitrogen and oxygen atoms in total. The molecule has 0 aliphatic heterocycles. The molecule has 0 saturated carbocycles. The molecule has 0 unspecified atom stereocenters. The van der Waals surface area contributed by atoms with Gasteiger partial charge >= 0.3 is 0 Å². The Balaban J connectivity index is 2.34. The molecule has 0 spiro atoms. The van der Waals surface area contributed by atoms with Crippen LogP contribution in [0.2, 0.25) is 5.02 Å². The molecule has 2 rings (SSSR count). The first-order valence-corrected chi connectivity index (χ1v) is 6.07. The van der Waals surface area contributed by atoms with Crippen LogP contribution in [0.1, 0.15) is 15.9 Å². The van der Waals surface area contributed by atoms with Crippen LogP contribution in [0.3, 0.4) is 0 Å². The lowest BCUT2D eigenvalue weighted by Gasteiger charge is -2.11. The summed E-state index contributed by atoms with van der Waals surface area (Å²) in [5.74, 6) is -0.495. The fourth-order valence-electron chi connectivity index (χ4n) is 1.64. The molecule has 0 radical (unpaired) electrons. The Hall–Kier alpha value is -2.20. The largest absolute Gasteiger partial charge is 0.397 e. The Kier molecular flexibility index (Phi) is 3.62. The van der Waals surface area contributed by atoms with Crippen molar-refractivity contribution in [3.05, 3.63) is 52.5 Å². The molecule has 0 heterocycles. The van der Waals surface area contributed by atoms with Crippen molar-refractivity contribution in [1.82, 2.24) is 0 Å². The summed E-state index contributed by atoms with van der Waals surface area (Å²) in [7, 11) is 0. The van der Waals surface area contributed by atoms with Crippen molar-refractivity contribution in [2.24, 2.45) is 5.73 Å². The highest BCUT2D eigenvalue weighted by Crippen LogP contribution is 2.27. The number of primary amides is 1. The van der Waals surface area contributed by atoms with E-state index in [0.717, 1.165) is 11.3 Å². The summed E-state index contributed by atoms with van der Waals surface area (Å²) in [5.41, 5.74) is 14.4. The zero-order chi connectivity index (χ0) is 14.0. The maximum atomic E-state index is 11.1. The number of benzene rings is 2. The number of nitrogens with one attached hydrogen (secondary N) is 1. The number of hydrogen-bond acceptors (Lipinski definition) is 3. The first kappa shape index (κ1) is 13.2.